The maximum absolute atomic E-state index is 12.1. The largest absolute Gasteiger partial charge is 0.452 e. The highest BCUT2D eigenvalue weighted by Gasteiger charge is 2.11. The fraction of sp³-hybridized carbons (Fsp3) is 0.158. The quantitative estimate of drug-likeness (QED) is 0.393. The predicted molar refractivity (Wildman–Crippen MR) is 100.0 cm³/mol. The van der Waals surface area contributed by atoms with Crippen LogP contribution >= 0.6 is 11.8 Å². The van der Waals surface area contributed by atoms with Gasteiger partial charge in [-0.1, -0.05) is 18.2 Å². The minimum absolute atomic E-state index is 0.312. The second kappa shape index (κ2) is 8.96. The van der Waals surface area contributed by atoms with Crippen molar-refractivity contribution in [3.05, 3.63) is 66.5 Å². The molecule has 3 aromatic rings. The molecular weight excluding hydrogens is 350 g/mol. The standard InChI is InChI=1S/C19H17N3O3S/c23-18(22-10-11-26-15-4-2-1-3-5-15)13-25-19(24)14-6-7-16-17(12-14)21-9-8-20-16/h1-9,12H,10-11,13H2,(H,22,23). The number of benzene rings is 2. The van der Waals surface area contributed by atoms with E-state index in [1.165, 1.54) is 0 Å². The molecule has 0 fully saturated rings. The number of nitrogens with one attached hydrogen (secondary N) is 1. The topological polar surface area (TPSA) is 81.2 Å². The third-order valence-corrected chi connectivity index (χ3v) is 4.49. The Morgan fingerprint density at radius 2 is 1.77 bits per heavy atom. The van der Waals surface area contributed by atoms with Gasteiger partial charge in [0.05, 0.1) is 16.6 Å². The molecule has 132 valence electrons. The molecule has 0 saturated carbocycles. The van der Waals surface area contributed by atoms with Crippen molar-refractivity contribution in [2.75, 3.05) is 18.9 Å². The van der Waals surface area contributed by atoms with Crippen LogP contribution in [0.25, 0.3) is 11.0 Å². The molecule has 1 aromatic heterocycles. The zero-order valence-electron chi connectivity index (χ0n) is 13.9. The first kappa shape index (κ1) is 17.9. The van der Waals surface area contributed by atoms with Crippen LogP contribution in [-0.4, -0.2) is 40.7 Å². The first-order valence-corrected chi connectivity index (χ1v) is 9.03. The minimum atomic E-state index is -0.564. The average Bonchev–Trinajstić information content (AvgIpc) is 2.70. The molecular formula is C19H17N3O3S. The van der Waals surface area contributed by atoms with E-state index in [1.54, 1.807) is 42.4 Å². The molecule has 0 aliphatic rings. The Morgan fingerprint density at radius 1 is 1.00 bits per heavy atom. The van der Waals surface area contributed by atoms with Crippen molar-refractivity contribution in [1.29, 1.82) is 0 Å². The van der Waals surface area contributed by atoms with Crippen molar-refractivity contribution >= 4 is 34.7 Å². The lowest BCUT2D eigenvalue weighted by Crippen LogP contribution is -2.30. The lowest BCUT2D eigenvalue weighted by molar-refractivity contribution is -0.124. The van der Waals surface area contributed by atoms with Crippen LogP contribution in [0, 0.1) is 0 Å². The summed E-state index contributed by atoms with van der Waals surface area (Å²) in [7, 11) is 0. The van der Waals surface area contributed by atoms with Crippen LogP contribution in [0.4, 0.5) is 0 Å². The number of nitrogens with zero attached hydrogens (tertiary/aromatic N) is 2. The molecule has 0 atom stereocenters. The Balaban J connectivity index is 1.41. The van der Waals surface area contributed by atoms with E-state index in [0.29, 0.717) is 23.1 Å². The van der Waals surface area contributed by atoms with Gasteiger partial charge in [0.1, 0.15) is 0 Å². The number of esters is 1. The van der Waals surface area contributed by atoms with Gasteiger partial charge in [-0.15, -0.1) is 11.8 Å². The molecule has 0 aliphatic carbocycles. The fourth-order valence-corrected chi connectivity index (χ4v) is 3.02. The number of carbonyl (C=O) groups excluding carboxylic acids is 2. The van der Waals surface area contributed by atoms with Crippen LogP contribution in [0.15, 0.2) is 65.8 Å². The molecule has 2 aromatic carbocycles. The second-order valence-electron chi connectivity index (χ2n) is 5.35. The number of aromatic nitrogens is 2. The van der Waals surface area contributed by atoms with E-state index in [1.807, 2.05) is 30.3 Å². The molecule has 1 amide bonds. The molecule has 0 spiro atoms. The maximum Gasteiger partial charge on any atom is 0.338 e. The van der Waals surface area contributed by atoms with E-state index >= 15 is 0 Å². The smallest absolute Gasteiger partial charge is 0.338 e. The van der Waals surface area contributed by atoms with Crippen molar-refractivity contribution in [3.8, 4) is 0 Å². The van der Waals surface area contributed by atoms with E-state index in [9.17, 15) is 9.59 Å². The van der Waals surface area contributed by atoms with E-state index in [4.69, 9.17) is 4.74 Å². The average molecular weight is 367 g/mol. The zero-order valence-corrected chi connectivity index (χ0v) is 14.7. The van der Waals surface area contributed by atoms with Crippen LogP contribution < -0.4 is 5.32 Å². The summed E-state index contributed by atoms with van der Waals surface area (Å²) >= 11 is 1.65. The highest BCUT2D eigenvalue weighted by atomic mass is 32.2. The van der Waals surface area contributed by atoms with Crippen LogP contribution in [-0.2, 0) is 9.53 Å². The van der Waals surface area contributed by atoms with Gasteiger partial charge in [-0.2, -0.15) is 0 Å². The molecule has 3 rings (SSSR count). The van der Waals surface area contributed by atoms with Gasteiger partial charge < -0.3 is 10.1 Å². The van der Waals surface area contributed by atoms with Crippen LogP contribution in [0.2, 0.25) is 0 Å². The third-order valence-electron chi connectivity index (χ3n) is 3.48. The van der Waals surface area contributed by atoms with Gasteiger partial charge in [-0.3, -0.25) is 14.8 Å². The first-order valence-electron chi connectivity index (χ1n) is 8.05. The Labute approximate surface area is 155 Å². The van der Waals surface area contributed by atoms with E-state index in [0.717, 1.165) is 10.6 Å². The van der Waals surface area contributed by atoms with Crippen LogP contribution in [0.3, 0.4) is 0 Å². The highest BCUT2D eigenvalue weighted by Crippen LogP contribution is 2.15. The number of thioether (sulfide) groups is 1. The van der Waals surface area contributed by atoms with E-state index < -0.39 is 5.97 Å². The van der Waals surface area contributed by atoms with Gasteiger partial charge in [0.15, 0.2) is 6.61 Å². The summed E-state index contributed by atoms with van der Waals surface area (Å²) in [5.74, 6) is -0.147. The van der Waals surface area contributed by atoms with E-state index in [2.05, 4.69) is 15.3 Å². The summed E-state index contributed by atoms with van der Waals surface area (Å²) in [4.78, 5) is 33.3. The van der Waals surface area contributed by atoms with Gasteiger partial charge >= 0.3 is 5.97 Å². The Kier molecular flexibility index (Phi) is 6.16. The Hall–Kier alpha value is -2.93. The molecule has 0 radical (unpaired) electrons. The molecule has 1 N–H and O–H groups in total. The van der Waals surface area contributed by atoms with Crippen molar-refractivity contribution in [1.82, 2.24) is 15.3 Å². The predicted octanol–water partition coefficient (Wildman–Crippen LogP) is 2.70. The fourth-order valence-electron chi connectivity index (χ4n) is 2.23. The van der Waals surface area contributed by atoms with Crippen molar-refractivity contribution in [2.45, 2.75) is 4.90 Å². The molecule has 26 heavy (non-hydrogen) atoms. The minimum Gasteiger partial charge on any atom is -0.452 e. The summed E-state index contributed by atoms with van der Waals surface area (Å²) in [6.45, 7) is 0.189. The van der Waals surface area contributed by atoms with Gasteiger partial charge in [-0.05, 0) is 30.3 Å². The molecule has 0 unspecified atom stereocenters. The van der Waals surface area contributed by atoms with Crippen molar-refractivity contribution in [3.63, 3.8) is 0 Å². The summed E-state index contributed by atoms with van der Waals surface area (Å²) in [5.41, 5.74) is 1.63. The Morgan fingerprint density at radius 3 is 2.58 bits per heavy atom. The number of hydrogen-bond donors (Lipinski definition) is 1. The number of amides is 1. The molecule has 6 nitrogen and oxygen atoms in total. The van der Waals surface area contributed by atoms with Gasteiger partial charge in [0, 0.05) is 29.6 Å². The normalized spacial score (nSPS) is 10.5. The summed E-state index contributed by atoms with van der Waals surface area (Å²) < 4.78 is 5.05. The van der Waals surface area contributed by atoms with E-state index in [-0.39, 0.29) is 12.5 Å². The molecule has 0 saturated heterocycles. The SMILES string of the molecule is O=C(COC(=O)c1ccc2nccnc2c1)NCCSc1ccccc1. The number of carbonyl (C=O) groups is 2. The van der Waals surface area contributed by atoms with Crippen molar-refractivity contribution < 1.29 is 14.3 Å². The number of fused-ring (bicyclic) bond motifs is 1. The number of hydrogen-bond acceptors (Lipinski definition) is 6. The summed E-state index contributed by atoms with van der Waals surface area (Å²) in [5, 5.41) is 2.73. The lowest BCUT2D eigenvalue weighted by Gasteiger charge is -2.07. The number of ether oxygens (including phenoxy) is 1. The lowest BCUT2D eigenvalue weighted by atomic mass is 10.2. The van der Waals surface area contributed by atoms with Gasteiger partial charge in [0.2, 0.25) is 0 Å². The summed E-state index contributed by atoms with van der Waals surface area (Å²) in [6, 6.07) is 14.8. The van der Waals surface area contributed by atoms with Gasteiger partial charge in [0.25, 0.3) is 5.91 Å². The van der Waals surface area contributed by atoms with Crippen LogP contribution in [0.5, 0.6) is 0 Å². The second-order valence-corrected chi connectivity index (χ2v) is 6.52. The molecule has 0 bridgehead atoms. The van der Waals surface area contributed by atoms with Crippen LogP contribution in [0.1, 0.15) is 10.4 Å². The maximum atomic E-state index is 12.1. The first-order chi connectivity index (χ1) is 12.7. The molecule has 1 heterocycles. The van der Waals surface area contributed by atoms with Gasteiger partial charge in [-0.25, -0.2) is 4.79 Å². The number of rotatable bonds is 7. The van der Waals surface area contributed by atoms with Crippen molar-refractivity contribution in [2.24, 2.45) is 0 Å². The monoisotopic (exact) mass is 367 g/mol. The molecule has 0 aliphatic heterocycles. The zero-order chi connectivity index (χ0) is 18.2. The third kappa shape index (κ3) is 5.03. The molecule has 7 heteroatoms. The highest BCUT2D eigenvalue weighted by molar-refractivity contribution is 7.99. The summed E-state index contributed by atoms with van der Waals surface area (Å²) in [6.07, 6.45) is 3.14. The Bertz CT molecular complexity index is 903.